The van der Waals surface area contributed by atoms with Gasteiger partial charge in [0.25, 0.3) is 5.91 Å². The number of hydrogen-bond donors (Lipinski definition) is 3. The molecule has 0 saturated heterocycles. The van der Waals surface area contributed by atoms with Gasteiger partial charge in [0, 0.05) is 22.6 Å². The van der Waals surface area contributed by atoms with Crippen molar-refractivity contribution < 1.29 is 4.79 Å². The SMILES string of the molecule is I.NC(=NCCNC(=O)c1cccc(Br)c1)NC1CCCCC1. The zero-order valence-corrected chi connectivity index (χ0v) is 17.0. The highest BCUT2D eigenvalue weighted by molar-refractivity contribution is 14.0. The molecule has 0 bridgehead atoms. The summed E-state index contributed by atoms with van der Waals surface area (Å²) < 4.78 is 0.888. The predicted octanol–water partition coefficient (Wildman–Crippen LogP) is 3.03. The van der Waals surface area contributed by atoms with Gasteiger partial charge in [-0.3, -0.25) is 9.79 Å². The number of guanidine groups is 1. The lowest BCUT2D eigenvalue weighted by molar-refractivity contribution is 0.0954. The van der Waals surface area contributed by atoms with E-state index in [1.165, 1.54) is 19.3 Å². The molecule has 128 valence electrons. The van der Waals surface area contributed by atoms with E-state index in [-0.39, 0.29) is 29.9 Å². The molecule has 1 amide bonds. The predicted molar refractivity (Wildman–Crippen MR) is 108 cm³/mol. The highest BCUT2D eigenvalue weighted by atomic mass is 127. The summed E-state index contributed by atoms with van der Waals surface area (Å²) in [7, 11) is 0. The molecule has 0 aliphatic heterocycles. The zero-order chi connectivity index (χ0) is 15.8. The standard InChI is InChI=1S/C16H23BrN4O.HI/c17-13-6-4-5-12(11-13)15(22)19-9-10-20-16(18)21-14-7-2-1-3-8-14;/h4-6,11,14H,1-3,7-10H2,(H,19,22)(H3,18,20,21);1H. The average molecular weight is 495 g/mol. The number of carbonyl (C=O) groups excluding carboxylic acids is 1. The van der Waals surface area contributed by atoms with Crippen LogP contribution in [-0.4, -0.2) is 31.0 Å². The number of hydrogen-bond acceptors (Lipinski definition) is 2. The van der Waals surface area contributed by atoms with Crippen molar-refractivity contribution in [1.29, 1.82) is 0 Å². The van der Waals surface area contributed by atoms with E-state index in [0.717, 1.165) is 17.3 Å². The smallest absolute Gasteiger partial charge is 0.251 e. The van der Waals surface area contributed by atoms with E-state index in [9.17, 15) is 4.79 Å². The van der Waals surface area contributed by atoms with Crippen LogP contribution in [0.25, 0.3) is 0 Å². The third-order valence-corrected chi connectivity index (χ3v) is 4.22. The van der Waals surface area contributed by atoms with E-state index in [0.29, 0.717) is 30.7 Å². The lowest BCUT2D eigenvalue weighted by Crippen LogP contribution is -2.41. The average Bonchev–Trinajstić information content (AvgIpc) is 2.52. The number of halogens is 2. The summed E-state index contributed by atoms with van der Waals surface area (Å²) in [5.41, 5.74) is 6.50. The minimum atomic E-state index is -0.102. The maximum atomic E-state index is 11.9. The Morgan fingerprint density at radius 3 is 2.74 bits per heavy atom. The Kier molecular flexibility index (Phi) is 9.54. The number of carbonyl (C=O) groups is 1. The number of nitrogens with zero attached hydrogens (tertiary/aromatic N) is 1. The topological polar surface area (TPSA) is 79.5 Å². The molecule has 7 heteroatoms. The van der Waals surface area contributed by atoms with E-state index in [2.05, 4.69) is 31.6 Å². The van der Waals surface area contributed by atoms with E-state index in [1.807, 2.05) is 12.1 Å². The molecule has 1 saturated carbocycles. The molecule has 2 rings (SSSR count). The molecule has 4 N–H and O–H groups in total. The molecule has 1 fully saturated rings. The van der Waals surface area contributed by atoms with E-state index in [4.69, 9.17) is 5.73 Å². The van der Waals surface area contributed by atoms with Crippen LogP contribution in [0.5, 0.6) is 0 Å². The van der Waals surface area contributed by atoms with Crippen LogP contribution in [0.3, 0.4) is 0 Å². The van der Waals surface area contributed by atoms with Crippen molar-refractivity contribution in [3.05, 3.63) is 34.3 Å². The van der Waals surface area contributed by atoms with E-state index in [1.54, 1.807) is 12.1 Å². The van der Waals surface area contributed by atoms with Crippen LogP contribution in [0.1, 0.15) is 42.5 Å². The van der Waals surface area contributed by atoms with Gasteiger partial charge in [0.1, 0.15) is 0 Å². The van der Waals surface area contributed by atoms with Crippen molar-refractivity contribution in [1.82, 2.24) is 10.6 Å². The second-order valence-corrected chi connectivity index (χ2v) is 6.43. The van der Waals surface area contributed by atoms with Crippen molar-refractivity contribution in [2.24, 2.45) is 10.7 Å². The summed E-state index contributed by atoms with van der Waals surface area (Å²) >= 11 is 3.35. The molecule has 0 atom stereocenters. The summed E-state index contributed by atoms with van der Waals surface area (Å²) in [6, 6.07) is 7.75. The van der Waals surface area contributed by atoms with E-state index < -0.39 is 0 Å². The molecule has 0 unspecified atom stereocenters. The molecule has 0 radical (unpaired) electrons. The van der Waals surface area contributed by atoms with Gasteiger partial charge in [-0.2, -0.15) is 0 Å². The number of amides is 1. The third kappa shape index (κ3) is 7.52. The first-order valence-electron chi connectivity index (χ1n) is 7.75. The fourth-order valence-corrected chi connectivity index (χ4v) is 2.98. The Balaban J connectivity index is 0.00000264. The highest BCUT2D eigenvalue weighted by Gasteiger charge is 2.13. The summed E-state index contributed by atoms with van der Waals surface area (Å²) in [5.74, 6) is 0.374. The normalized spacial score (nSPS) is 15.6. The Labute approximate surface area is 163 Å². The van der Waals surface area contributed by atoms with Crippen LogP contribution in [-0.2, 0) is 0 Å². The van der Waals surface area contributed by atoms with Crippen molar-refractivity contribution >= 4 is 51.8 Å². The van der Waals surface area contributed by atoms with Gasteiger partial charge in [-0.05, 0) is 31.0 Å². The van der Waals surface area contributed by atoms with Gasteiger partial charge < -0.3 is 16.4 Å². The van der Waals surface area contributed by atoms with Crippen molar-refractivity contribution in [2.75, 3.05) is 13.1 Å². The number of rotatable bonds is 5. The van der Waals surface area contributed by atoms with Gasteiger partial charge in [-0.25, -0.2) is 0 Å². The third-order valence-electron chi connectivity index (χ3n) is 3.72. The van der Waals surface area contributed by atoms with Crippen LogP contribution >= 0.6 is 39.9 Å². The number of nitrogens with one attached hydrogen (secondary N) is 2. The minimum absolute atomic E-state index is 0. The first-order valence-corrected chi connectivity index (χ1v) is 8.54. The molecule has 0 spiro atoms. The van der Waals surface area contributed by atoms with Crippen LogP contribution in [0.15, 0.2) is 33.7 Å². The van der Waals surface area contributed by atoms with Crippen molar-refractivity contribution in [3.8, 4) is 0 Å². The molecule has 5 nitrogen and oxygen atoms in total. The zero-order valence-electron chi connectivity index (χ0n) is 13.1. The summed E-state index contributed by atoms with van der Waals surface area (Å²) in [5, 5.41) is 6.09. The van der Waals surface area contributed by atoms with Gasteiger partial charge in [-0.1, -0.05) is 41.3 Å². The van der Waals surface area contributed by atoms with Crippen LogP contribution < -0.4 is 16.4 Å². The molecule has 1 aliphatic rings. The fourth-order valence-electron chi connectivity index (χ4n) is 2.58. The summed E-state index contributed by atoms with van der Waals surface area (Å²) in [6.45, 7) is 0.948. The van der Waals surface area contributed by atoms with Crippen LogP contribution in [0.4, 0.5) is 0 Å². The fraction of sp³-hybridized carbons (Fsp3) is 0.500. The maximum absolute atomic E-state index is 11.9. The maximum Gasteiger partial charge on any atom is 0.251 e. The van der Waals surface area contributed by atoms with Gasteiger partial charge in [-0.15, -0.1) is 24.0 Å². The lowest BCUT2D eigenvalue weighted by Gasteiger charge is -2.23. The first kappa shape index (κ1) is 20.2. The Hall–Kier alpha value is -0.830. The Morgan fingerprint density at radius 2 is 2.04 bits per heavy atom. The van der Waals surface area contributed by atoms with Gasteiger partial charge in [0.05, 0.1) is 6.54 Å². The number of aliphatic imine (C=N–C) groups is 1. The molecule has 1 aromatic rings. The quantitative estimate of drug-likeness (QED) is 0.255. The first-order chi connectivity index (χ1) is 10.6. The van der Waals surface area contributed by atoms with Gasteiger partial charge in [0.2, 0.25) is 0 Å². The molecule has 0 heterocycles. The molecular weight excluding hydrogens is 471 g/mol. The van der Waals surface area contributed by atoms with Crippen LogP contribution in [0, 0.1) is 0 Å². The largest absolute Gasteiger partial charge is 0.370 e. The molecule has 1 aromatic carbocycles. The summed E-state index contributed by atoms with van der Waals surface area (Å²) in [6.07, 6.45) is 6.16. The number of benzene rings is 1. The van der Waals surface area contributed by atoms with Gasteiger partial charge >= 0.3 is 0 Å². The lowest BCUT2D eigenvalue weighted by atomic mass is 9.96. The monoisotopic (exact) mass is 494 g/mol. The molecule has 1 aliphatic carbocycles. The molecule has 23 heavy (non-hydrogen) atoms. The minimum Gasteiger partial charge on any atom is -0.370 e. The van der Waals surface area contributed by atoms with Crippen molar-refractivity contribution in [2.45, 2.75) is 38.1 Å². The molecular formula is C16H24BrIN4O. The van der Waals surface area contributed by atoms with E-state index >= 15 is 0 Å². The Morgan fingerprint density at radius 1 is 1.30 bits per heavy atom. The van der Waals surface area contributed by atoms with Crippen molar-refractivity contribution in [3.63, 3.8) is 0 Å². The second kappa shape index (κ2) is 10.9. The number of nitrogens with two attached hydrogens (primary N) is 1. The summed E-state index contributed by atoms with van der Waals surface area (Å²) in [4.78, 5) is 16.2. The highest BCUT2D eigenvalue weighted by Crippen LogP contribution is 2.17. The molecule has 0 aromatic heterocycles. The van der Waals surface area contributed by atoms with Crippen LogP contribution in [0.2, 0.25) is 0 Å². The second-order valence-electron chi connectivity index (χ2n) is 5.51. The van der Waals surface area contributed by atoms with Gasteiger partial charge in [0.15, 0.2) is 5.96 Å². The Bertz CT molecular complexity index is 533.